The molecule has 162 valence electrons. The van der Waals surface area contributed by atoms with Crippen molar-refractivity contribution >= 4 is 24.0 Å². The second-order valence-electron chi connectivity index (χ2n) is 6.76. The van der Waals surface area contributed by atoms with Crippen LogP contribution in [0.5, 0.6) is 0 Å². The minimum Gasteiger partial charge on any atom is -0.348 e. The number of H-pyrrole nitrogens is 1. The van der Waals surface area contributed by atoms with Gasteiger partial charge in [-0.15, -0.1) is 0 Å². The average Bonchev–Trinajstić information content (AvgIpc) is 3.35. The lowest BCUT2D eigenvalue weighted by Gasteiger charge is -2.26. The summed E-state index contributed by atoms with van der Waals surface area (Å²) in [6.45, 7) is 0.791. The lowest BCUT2D eigenvalue weighted by Crippen LogP contribution is -2.53. The monoisotopic (exact) mass is 418 g/mol. The van der Waals surface area contributed by atoms with Crippen molar-refractivity contribution in [3.63, 3.8) is 0 Å². The molecule has 0 bridgehead atoms. The van der Waals surface area contributed by atoms with E-state index in [1.165, 1.54) is 12.5 Å². The fraction of sp³-hybridized carbons (Fsp3) is 0.444. The summed E-state index contributed by atoms with van der Waals surface area (Å²) in [7, 11) is 1.75. The third-order valence-electron chi connectivity index (χ3n) is 4.62. The van der Waals surface area contributed by atoms with Crippen molar-refractivity contribution in [2.75, 3.05) is 13.1 Å². The SMILES string of the molecule is Cc1ncn(C)c1C[C@@H](C=O)N(C(=O)CN)C(=O)CNC(=O)[C@@H](N)Cc1cnc[nH]1. The number of imide groups is 1. The zero-order valence-electron chi connectivity index (χ0n) is 16.9. The number of imidazole rings is 2. The fourth-order valence-electron chi connectivity index (χ4n) is 2.97. The minimum absolute atomic E-state index is 0.0800. The van der Waals surface area contributed by atoms with Gasteiger partial charge in [0.25, 0.3) is 0 Å². The van der Waals surface area contributed by atoms with E-state index in [4.69, 9.17) is 11.5 Å². The van der Waals surface area contributed by atoms with Gasteiger partial charge in [0.15, 0.2) is 0 Å². The number of aromatic nitrogens is 4. The van der Waals surface area contributed by atoms with Crippen LogP contribution in [0.25, 0.3) is 0 Å². The Morgan fingerprint density at radius 1 is 1.33 bits per heavy atom. The summed E-state index contributed by atoms with van der Waals surface area (Å²) in [6, 6.07) is -2.01. The van der Waals surface area contributed by atoms with E-state index in [9.17, 15) is 19.2 Å². The number of nitrogens with one attached hydrogen (secondary N) is 2. The average molecular weight is 418 g/mol. The third kappa shape index (κ3) is 5.58. The molecular weight excluding hydrogens is 392 g/mol. The van der Waals surface area contributed by atoms with Crippen molar-refractivity contribution in [2.45, 2.75) is 31.8 Å². The Labute approximate surface area is 173 Å². The summed E-state index contributed by atoms with van der Waals surface area (Å²) in [5.74, 6) is -2.07. The van der Waals surface area contributed by atoms with Crippen LogP contribution in [0.3, 0.4) is 0 Å². The number of hydrogen-bond donors (Lipinski definition) is 4. The van der Waals surface area contributed by atoms with Crippen LogP contribution in [0.1, 0.15) is 17.1 Å². The third-order valence-corrected chi connectivity index (χ3v) is 4.62. The van der Waals surface area contributed by atoms with E-state index in [1.54, 1.807) is 24.9 Å². The topological polar surface area (TPSA) is 182 Å². The molecule has 0 radical (unpaired) electrons. The molecular formula is C18H26N8O4. The molecule has 30 heavy (non-hydrogen) atoms. The number of aryl methyl sites for hydroxylation is 2. The largest absolute Gasteiger partial charge is 0.348 e. The predicted molar refractivity (Wildman–Crippen MR) is 106 cm³/mol. The number of carbonyl (C=O) groups is 4. The summed E-state index contributed by atoms with van der Waals surface area (Å²) in [5.41, 5.74) is 13.3. The van der Waals surface area contributed by atoms with E-state index >= 15 is 0 Å². The molecule has 0 aliphatic carbocycles. The number of carbonyl (C=O) groups excluding carboxylic acids is 4. The Kier molecular flexibility index (Phi) is 7.95. The fourth-order valence-corrected chi connectivity index (χ4v) is 2.97. The number of aldehydes is 1. The van der Waals surface area contributed by atoms with Crippen LogP contribution in [0.4, 0.5) is 0 Å². The lowest BCUT2D eigenvalue weighted by molar-refractivity contribution is -0.148. The first kappa shape index (κ1) is 22.9. The molecule has 0 aliphatic rings. The van der Waals surface area contributed by atoms with Gasteiger partial charge in [-0.2, -0.15) is 0 Å². The minimum atomic E-state index is -1.08. The highest BCUT2D eigenvalue weighted by Crippen LogP contribution is 2.12. The first-order valence-electron chi connectivity index (χ1n) is 9.26. The molecule has 2 aromatic rings. The van der Waals surface area contributed by atoms with E-state index in [-0.39, 0.29) is 12.8 Å². The van der Waals surface area contributed by atoms with Crippen molar-refractivity contribution in [1.29, 1.82) is 0 Å². The molecule has 2 rings (SSSR count). The molecule has 3 amide bonds. The zero-order chi connectivity index (χ0) is 22.3. The van der Waals surface area contributed by atoms with E-state index in [2.05, 4.69) is 20.3 Å². The number of nitrogens with two attached hydrogens (primary N) is 2. The number of amides is 3. The molecule has 0 unspecified atom stereocenters. The van der Waals surface area contributed by atoms with Crippen molar-refractivity contribution in [3.05, 3.63) is 35.9 Å². The van der Waals surface area contributed by atoms with E-state index in [0.717, 1.165) is 4.90 Å². The van der Waals surface area contributed by atoms with Crippen molar-refractivity contribution in [1.82, 2.24) is 29.7 Å². The summed E-state index contributed by atoms with van der Waals surface area (Å²) in [4.78, 5) is 60.5. The van der Waals surface area contributed by atoms with Crippen LogP contribution in [-0.4, -0.2) is 73.6 Å². The Hall–Kier alpha value is -3.38. The van der Waals surface area contributed by atoms with E-state index < -0.39 is 42.9 Å². The molecule has 2 atom stereocenters. The first-order valence-corrected chi connectivity index (χ1v) is 9.26. The van der Waals surface area contributed by atoms with Gasteiger partial charge in [0, 0.05) is 37.5 Å². The van der Waals surface area contributed by atoms with E-state index in [1.807, 2.05) is 0 Å². The maximum Gasteiger partial charge on any atom is 0.249 e. The first-order chi connectivity index (χ1) is 14.3. The Morgan fingerprint density at radius 3 is 2.60 bits per heavy atom. The second kappa shape index (κ2) is 10.4. The second-order valence-corrected chi connectivity index (χ2v) is 6.76. The molecule has 0 fully saturated rings. The molecule has 0 spiro atoms. The highest BCUT2D eigenvalue weighted by molar-refractivity contribution is 6.00. The summed E-state index contributed by atoms with van der Waals surface area (Å²) >= 11 is 0. The quantitative estimate of drug-likeness (QED) is 0.307. The van der Waals surface area contributed by atoms with Gasteiger partial charge in [-0.1, -0.05) is 0 Å². The van der Waals surface area contributed by atoms with Crippen LogP contribution < -0.4 is 16.8 Å². The molecule has 0 aliphatic heterocycles. The number of aromatic amines is 1. The van der Waals surface area contributed by atoms with Gasteiger partial charge in [-0.25, -0.2) is 9.97 Å². The highest BCUT2D eigenvalue weighted by Gasteiger charge is 2.30. The molecule has 2 aromatic heterocycles. The van der Waals surface area contributed by atoms with Gasteiger partial charge < -0.3 is 31.1 Å². The Bertz CT molecular complexity index is 873. The van der Waals surface area contributed by atoms with Crippen LogP contribution in [0, 0.1) is 6.92 Å². The maximum atomic E-state index is 12.7. The normalized spacial score (nSPS) is 12.8. The van der Waals surface area contributed by atoms with Gasteiger partial charge in [0.1, 0.15) is 12.3 Å². The van der Waals surface area contributed by atoms with Crippen LogP contribution in [0.2, 0.25) is 0 Å². The number of rotatable bonds is 10. The maximum absolute atomic E-state index is 12.7. The van der Waals surface area contributed by atoms with Gasteiger partial charge >= 0.3 is 0 Å². The smallest absolute Gasteiger partial charge is 0.249 e. The lowest BCUT2D eigenvalue weighted by atomic mass is 10.1. The Morgan fingerprint density at radius 2 is 2.07 bits per heavy atom. The van der Waals surface area contributed by atoms with Gasteiger partial charge in [0.05, 0.1) is 37.5 Å². The predicted octanol–water partition coefficient (Wildman–Crippen LogP) is -2.44. The summed E-state index contributed by atoms with van der Waals surface area (Å²) in [6.07, 6.45) is 5.35. The molecule has 0 aromatic carbocycles. The molecule has 2 heterocycles. The summed E-state index contributed by atoms with van der Waals surface area (Å²) in [5, 5.41) is 2.40. The summed E-state index contributed by atoms with van der Waals surface area (Å²) < 4.78 is 1.71. The van der Waals surface area contributed by atoms with Crippen LogP contribution in [-0.2, 0) is 39.1 Å². The Balaban J connectivity index is 2.05. The van der Waals surface area contributed by atoms with Gasteiger partial charge in [0.2, 0.25) is 17.7 Å². The van der Waals surface area contributed by atoms with Gasteiger partial charge in [-0.05, 0) is 6.92 Å². The standard InChI is InChI=1S/C18H26N8O4/c1-11-15(25(2)10-24-11)4-13(8-27)26(16(28)5-19)17(29)7-22-18(30)14(20)3-12-6-21-9-23-12/h6,8-10,13-14H,3-5,7,19-20H2,1-2H3,(H,21,23)(H,22,30)/t13-,14-/m0/s1. The van der Waals surface area contributed by atoms with Crippen molar-refractivity contribution < 1.29 is 19.2 Å². The molecule has 0 saturated carbocycles. The molecule has 12 nitrogen and oxygen atoms in total. The van der Waals surface area contributed by atoms with Crippen LogP contribution in [0.15, 0.2) is 18.9 Å². The zero-order valence-corrected chi connectivity index (χ0v) is 16.9. The molecule has 0 saturated heterocycles. The van der Waals surface area contributed by atoms with Gasteiger partial charge in [-0.3, -0.25) is 19.3 Å². The van der Waals surface area contributed by atoms with Crippen molar-refractivity contribution in [3.8, 4) is 0 Å². The number of nitrogens with zero attached hydrogens (tertiary/aromatic N) is 4. The highest BCUT2D eigenvalue weighted by atomic mass is 16.2. The molecule has 6 N–H and O–H groups in total. The van der Waals surface area contributed by atoms with Crippen molar-refractivity contribution in [2.24, 2.45) is 18.5 Å². The number of hydrogen-bond acceptors (Lipinski definition) is 8. The van der Waals surface area contributed by atoms with E-state index in [0.29, 0.717) is 23.4 Å². The van der Waals surface area contributed by atoms with Crippen LogP contribution >= 0.6 is 0 Å². The molecule has 12 heteroatoms.